The highest BCUT2D eigenvalue weighted by Gasteiger charge is 2.20. The van der Waals surface area contributed by atoms with Crippen LogP contribution in [0.1, 0.15) is 31.0 Å². The number of aromatic nitrogens is 1. The molecule has 1 atom stereocenters. The van der Waals surface area contributed by atoms with Crippen LogP contribution in [-0.2, 0) is 0 Å². The normalized spacial score (nSPS) is 12.5. The van der Waals surface area contributed by atoms with Crippen molar-refractivity contribution in [2.24, 2.45) is 0 Å². The van der Waals surface area contributed by atoms with Gasteiger partial charge in [-0.15, -0.1) is 0 Å². The van der Waals surface area contributed by atoms with Crippen molar-refractivity contribution in [3.63, 3.8) is 0 Å². The van der Waals surface area contributed by atoms with Gasteiger partial charge in [0.2, 0.25) is 0 Å². The van der Waals surface area contributed by atoms with E-state index in [0.717, 1.165) is 5.56 Å². The molecule has 0 fully saturated rings. The third-order valence-electron chi connectivity index (χ3n) is 3.02. The SMILES string of the molecule is CNC(c1cncc(OC(C)C)c1)c1c(F)cccc1Cl. The Labute approximate surface area is 129 Å². The van der Waals surface area contributed by atoms with E-state index in [-0.39, 0.29) is 18.0 Å². The van der Waals surface area contributed by atoms with E-state index in [9.17, 15) is 4.39 Å². The fourth-order valence-corrected chi connectivity index (χ4v) is 2.47. The Hall–Kier alpha value is -1.65. The van der Waals surface area contributed by atoms with Crippen molar-refractivity contribution in [1.29, 1.82) is 0 Å². The lowest BCUT2D eigenvalue weighted by Crippen LogP contribution is -2.20. The van der Waals surface area contributed by atoms with Gasteiger partial charge >= 0.3 is 0 Å². The molecule has 0 saturated heterocycles. The summed E-state index contributed by atoms with van der Waals surface area (Å²) in [6, 6.07) is 6.11. The van der Waals surface area contributed by atoms with Gasteiger partial charge in [-0.2, -0.15) is 0 Å². The van der Waals surface area contributed by atoms with Gasteiger partial charge in [0.1, 0.15) is 11.6 Å². The number of ether oxygens (including phenoxy) is 1. The fraction of sp³-hybridized carbons (Fsp3) is 0.312. The molecule has 21 heavy (non-hydrogen) atoms. The smallest absolute Gasteiger partial charge is 0.138 e. The molecule has 5 heteroatoms. The summed E-state index contributed by atoms with van der Waals surface area (Å²) in [7, 11) is 1.75. The molecule has 1 N–H and O–H groups in total. The summed E-state index contributed by atoms with van der Waals surface area (Å²) in [6.07, 6.45) is 3.36. The summed E-state index contributed by atoms with van der Waals surface area (Å²) in [5.41, 5.74) is 1.20. The minimum absolute atomic E-state index is 0.0483. The molecule has 0 aliphatic rings. The Bertz CT molecular complexity index is 599. The second-order valence-corrected chi connectivity index (χ2v) is 5.38. The van der Waals surface area contributed by atoms with Gasteiger partial charge in [-0.25, -0.2) is 4.39 Å². The molecule has 0 amide bonds. The topological polar surface area (TPSA) is 34.2 Å². The van der Waals surface area contributed by atoms with Crippen LogP contribution >= 0.6 is 11.6 Å². The monoisotopic (exact) mass is 308 g/mol. The molecular formula is C16H18ClFN2O. The quantitative estimate of drug-likeness (QED) is 0.907. The number of halogens is 2. The second kappa shape index (κ2) is 6.87. The molecule has 1 aromatic heterocycles. The van der Waals surface area contributed by atoms with Gasteiger partial charge in [-0.05, 0) is 44.7 Å². The van der Waals surface area contributed by atoms with Crippen LogP contribution in [0.25, 0.3) is 0 Å². The molecule has 0 aliphatic carbocycles. The average molecular weight is 309 g/mol. The number of nitrogens with one attached hydrogen (secondary N) is 1. The van der Waals surface area contributed by atoms with Crippen LogP contribution in [0.2, 0.25) is 5.02 Å². The minimum atomic E-state index is -0.387. The molecule has 1 aromatic carbocycles. The number of pyridine rings is 1. The lowest BCUT2D eigenvalue weighted by Gasteiger charge is -2.20. The van der Waals surface area contributed by atoms with Crippen LogP contribution in [0.5, 0.6) is 5.75 Å². The zero-order valence-corrected chi connectivity index (χ0v) is 13.0. The third kappa shape index (κ3) is 3.71. The Kier molecular flexibility index (Phi) is 5.15. The van der Waals surface area contributed by atoms with E-state index in [0.29, 0.717) is 16.3 Å². The first-order valence-corrected chi connectivity index (χ1v) is 7.13. The molecule has 2 aromatic rings. The van der Waals surface area contributed by atoms with Crippen LogP contribution in [0, 0.1) is 5.82 Å². The van der Waals surface area contributed by atoms with Gasteiger partial charge in [0.15, 0.2) is 0 Å². The van der Waals surface area contributed by atoms with Crippen molar-refractivity contribution in [1.82, 2.24) is 10.3 Å². The van der Waals surface area contributed by atoms with E-state index in [2.05, 4.69) is 10.3 Å². The minimum Gasteiger partial charge on any atom is -0.489 e. The molecule has 0 radical (unpaired) electrons. The second-order valence-electron chi connectivity index (χ2n) is 4.98. The van der Waals surface area contributed by atoms with Crippen molar-refractivity contribution in [3.05, 3.63) is 58.6 Å². The molecule has 0 aliphatic heterocycles. The molecule has 0 saturated carbocycles. The first-order valence-electron chi connectivity index (χ1n) is 6.75. The number of benzene rings is 1. The van der Waals surface area contributed by atoms with Gasteiger partial charge in [-0.3, -0.25) is 4.98 Å². The van der Waals surface area contributed by atoms with Crippen LogP contribution < -0.4 is 10.1 Å². The van der Waals surface area contributed by atoms with Gasteiger partial charge in [-0.1, -0.05) is 17.7 Å². The van der Waals surface area contributed by atoms with E-state index in [4.69, 9.17) is 16.3 Å². The zero-order chi connectivity index (χ0) is 15.4. The van der Waals surface area contributed by atoms with Crippen LogP contribution in [0.3, 0.4) is 0 Å². The third-order valence-corrected chi connectivity index (χ3v) is 3.35. The first-order chi connectivity index (χ1) is 10.0. The maximum atomic E-state index is 14.1. The summed E-state index contributed by atoms with van der Waals surface area (Å²) in [5.74, 6) is 0.298. The van der Waals surface area contributed by atoms with Crippen LogP contribution in [0.15, 0.2) is 36.7 Å². The highest BCUT2D eigenvalue weighted by molar-refractivity contribution is 6.31. The van der Waals surface area contributed by atoms with Crippen molar-refractivity contribution in [3.8, 4) is 5.75 Å². The largest absolute Gasteiger partial charge is 0.489 e. The molecule has 3 nitrogen and oxygen atoms in total. The van der Waals surface area contributed by atoms with Gasteiger partial charge in [0.25, 0.3) is 0 Å². The van der Waals surface area contributed by atoms with Gasteiger partial charge in [0.05, 0.1) is 18.3 Å². The van der Waals surface area contributed by atoms with Crippen LogP contribution in [-0.4, -0.2) is 18.1 Å². The molecule has 1 heterocycles. The Morgan fingerprint density at radius 1 is 1.29 bits per heavy atom. The highest BCUT2D eigenvalue weighted by atomic mass is 35.5. The van der Waals surface area contributed by atoms with Gasteiger partial charge < -0.3 is 10.1 Å². The molecule has 0 bridgehead atoms. The van der Waals surface area contributed by atoms with Crippen molar-refractivity contribution in [2.75, 3.05) is 7.05 Å². The molecule has 2 rings (SSSR count). The average Bonchev–Trinajstić information content (AvgIpc) is 2.42. The van der Waals surface area contributed by atoms with E-state index in [1.807, 2.05) is 19.9 Å². The van der Waals surface area contributed by atoms with Crippen molar-refractivity contribution in [2.45, 2.75) is 26.0 Å². The fourth-order valence-electron chi connectivity index (χ4n) is 2.19. The molecule has 1 unspecified atom stereocenters. The van der Waals surface area contributed by atoms with Crippen molar-refractivity contribution < 1.29 is 9.13 Å². The predicted octanol–water partition coefficient (Wildman–Crippen LogP) is 3.97. The summed E-state index contributed by atoms with van der Waals surface area (Å²) < 4.78 is 19.7. The van der Waals surface area contributed by atoms with Crippen molar-refractivity contribution >= 4 is 11.6 Å². The highest BCUT2D eigenvalue weighted by Crippen LogP contribution is 2.31. The Morgan fingerprint density at radius 3 is 2.67 bits per heavy atom. The maximum absolute atomic E-state index is 14.1. The Morgan fingerprint density at radius 2 is 2.05 bits per heavy atom. The number of nitrogens with zero attached hydrogens (tertiary/aromatic N) is 1. The zero-order valence-electron chi connectivity index (χ0n) is 12.2. The Balaban J connectivity index is 2.42. The molecule has 0 spiro atoms. The summed E-state index contributed by atoms with van der Waals surface area (Å²) in [4.78, 5) is 4.16. The standard InChI is InChI=1S/C16H18ClFN2O/c1-10(2)21-12-7-11(8-20-9-12)16(19-3)15-13(17)5-4-6-14(15)18/h4-10,16,19H,1-3H3. The summed E-state index contributed by atoms with van der Waals surface area (Å²) in [5, 5.41) is 3.46. The van der Waals surface area contributed by atoms with E-state index in [1.54, 1.807) is 31.6 Å². The predicted molar refractivity (Wildman–Crippen MR) is 82.3 cm³/mol. The van der Waals surface area contributed by atoms with E-state index < -0.39 is 0 Å². The lowest BCUT2D eigenvalue weighted by molar-refractivity contribution is 0.241. The van der Waals surface area contributed by atoms with Crippen LogP contribution in [0.4, 0.5) is 4.39 Å². The van der Waals surface area contributed by atoms with E-state index >= 15 is 0 Å². The molecular weight excluding hydrogens is 291 g/mol. The summed E-state index contributed by atoms with van der Waals surface area (Å²) in [6.45, 7) is 3.88. The number of rotatable bonds is 5. The number of hydrogen-bond donors (Lipinski definition) is 1. The summed E-state index contributed by atoms with van der Waals surface area (Å²) >= 11 is 6.15. The maximum Gasteiger partial charge on any atom is 0.138 e. The lowest BCUT2D eigenvalue weighted by atomic mass is 9.99. The first kappa shape index (κ1) is 15.7. The van der Waals surface area contributed by atoms with Gasteiger partial charge in [0, 0.05) is 16.8 Å². The molecule has 112 valence electrons. The number of hydrogen-bond acceptors (Lipinski definition) is 3. The van der Waals surface area contributed by atoms with E-state index in [1.165, 1.54) is 6.07 Å².